The van der Waals surface area contributed by atoms with E-state index >= 15 is 0 Å². The summed E-state index contributed by atoms with van der Waals surface area (Å²) in [5.74, 6) is -3.17. The number of methoxy groups -OCH3 is 1. The minimum absolute atomic E-state index is 0.0664. The molecule has 2 N–H and O–H groups in total. The lowest BCUT2D eigenvalue weighted by atomic mass is 10.0. The first-order valence-electron chi connectivity index (χ1n) is 11.2. The second-order valence-electron chi connectivity index (χ2n) is 8.61. The number of nitrogens with one attached hydrogen (secondary N) is 2. The van der Waals surface area contributed by atoms with Gasteiger partial charge in [-0.1, -0.05) is 23.5 Å². The van der Waals surface area contributed by atoms with Crippen LogP contribution in [0.1, 0.15) is 18.1 Å². The van der Waals surface area contributed by atoms with Crippen LogP contribution in [0.4, 0.5) is 34.9 Å². The lowest BCUT2D eigenvalue weighted by molar-refractivity contribution is -0.126. The number of ether oxygens (including phenoxy) is 1. The second kappa shape index (κ2) is 9.85. The van der Waals surface area contributed by atoms with E-state index in [0.29, 0.717) is 33.9 Å². The summed E-state index contributed by atoms with van der Waals surface area (Å²) < 4.78 is 44.9. The fourth-order valence-electron chi connectivity index (χ4n) is 4.22. The third-order valence-electron chi connectivity index (χ3n) is 5.97. The highest BCUT2D eigenvalue weighted by molar-refractivity contribution is 7.19. The summed E-state index contributed by atoms with van der Waals surface area (Å²) >= 11 is 1.18. The first-order valence-corrected chi connectivity index (χ1v) is 12.0. The smallest absolute Gasteiger partial charge is 0.282 e. The molecular formula is C22H23F3N8O2S. The van der Waals surface area contributed by atoms with E-state index in [1.165, 1.54) is 24.5 Å². The van der Waals surface area contributed by atoms with Crippen LogP contribution in [0.15, 0.2) is 36.4 Å². The van der Waals surface area contributed by atoms with Gasteiger partial charge >= 0.3 is 0 Å². The minimum Gasteiger partial charge on any atom is -0.367 e. The lowest BCUT2D eigenvalue weighted by Gasteiger charge is -2.40. The number of alkyl halides is 2. The van der Waals surface area contributed by atoms with Crippen LogP contribution in [-0.4, -0.2) is 71.6 Å². The molecule has 0 saturated carbocycles. The highest BCUT2D eigenvalue weighted by atomic mass is 32.1. The second-order valence-corrected chi connectivity index (χ2v) is 9.59. The number of anilines is 4. The van der Waals surface area contributed by atoms with Crippen LogP contribution in [-0.2, 0) is 9.53 Å². The van der Waals surface area contributed by atoms with Gasteiger partial charge in [-0.2, -0.15) is 4.39 Å². The standard InChI is InChI=1S/C22H23F3N8O2S/c1-35-18(13-3-2-4-15(9-13)33-11-22(24,25)12-33)19(34)27-21-31-30-20(36-21)26-14-7-8-32(10-14)17-6-5-16(23)28-29-17/h2-6,9,14,18H,7-8,10-12H2,1H3,(H,26,30)(H,27,31,34)/t14-,18?/m1/s1. The zero-order valence-electron chi connectivity index (χ0n) is 19.2. The van der Waals surface area contributed by atoms with Crippen molar-refractivity contribution in [1.82, 2.24) is 20.4 Å². The van der Waals surface area contributed by atoms with Gasteiger partial charge in [0.25, 0.3) is 11.8 Å². The maximum atomic E-state index is 13.2. The van der Waals surface area contributed by atoms with E-state index in [1.807, 2.05) is 4.90 Å². The molecule has 2 fully saturated rings. The monoisotopic (exact) mass is 520 g/mol. The van der Waals surface area contributed by atoms with Crippen molar-refractivity contribution in [3.8, 4) is 0 Å². The predicted octanol–water partition coefficient (Wildman–Crippen LogP) is 2.94. The molecule has 2 aliphatic heterocycles. The molecule has 0 spiro atoms. The topological polar surface area (TPSA) is 108 Å². The molecule has 0 aliphatic carbocycles. The largest absolute Gasteiger partial charge is 0.367 e. The number of amides is 1. The summed E-state index contributed by atoms with van der Waals surface area (Å²) in [6.45, 7) is 0.657. The zero-order valence-corrected chi connectivity index (χ0v) is 20.0. The predicted molar refractivity (Wildman–Crippen MR) is 128 cm³/mol. The van der Waals surface area contributed by atoms with Crippen LogP contribution in [0.25, 0.3) is 0 Å². The summed E-state index contributed by atoms with van der Waals surface area (Å²) in [7, 11) is 1.40. The molecule has 2 atom stereocenters. The van der Waals surface area contributed by atoms with Crippen molar-refractivity contribution in [3.05, 3.63) is 47.9 Å². The molecule has 1 amide bonds. The maximum absolute atomic E-state index is 13.2. The van der Waals surface area contributed by atoms with E-state index in [9.17, 15) is 18.0 Å². The Labute approximate surface area is 208 Å². The lowest BCUT2D eigenvalue weighted by Crippen LogP contribution is -2.56. The molecule has 2 aromatic heterocycles. The van der Waals surface area contributed by atoms with Gasteiger partial charge in [-0.15, -0.1) is 20.4 Å². The molecule has 190 valence electrons. The van der Waals surface area contributed by atoms with Crippen molar-refractivity contribution >= 4 is 39.0 Å². The highest BCUT2D eigenvalue weighted by Gasteiger charge is 2.44. The van der Waals surface area contributed by atoms with Crippen LogP contribution in [0.2, 0.25) is 0 Å². The molecule has 14 heteroatoms. The summed E-state index contributed by atoms with van der Waals surface area (Å²) in [6.07, 6.45) is -0.141. The fourth-order valence-corrected chi connectivity index (χ4v) is 4.94. The molecule has 0 bridgehead atoms. The first-order chi connectivity index (χ1) is 17.3. The summed E-state index contributed by atoms with van der Waals surface area (Å²) in [5.41, 5.74) is 1.15. The Morgan fingerprint density at radius 3 is 2.67 bits per heavy atom. The van der Waals surface area contributed by atoms with Crippen LogP contribution >= 0.6 is 11.3 Å². The van der Waals surface area contributed by atoms with Gasteiger partial charge in [0.2, 0.25) is 16.2 Å². The van der Waals surface area contributed by atoms with E-state index in [2.05, 4.69) is 31.0 Å². The minimum atomic E-state index is -2.69. The van der Waals surface area contributed by atoms with Gasteiger partial charge in [0, 0.05) is 31.9 Å². The molecule has 1 unspecified atom stereocenters. The average Bonchev–Trinajstić information content (AvgIpc) is 3.48. The third kappa shape index (κ3) is 5.33. The summed E-state index contributed by atoms with van der Waals surface area (Å²) in [4.78, 5) is 16.4. The number of carbonyl (C=O) groups excluding carboxylic acids is 1. The number of nitrogens with zero attached hydrogens (tertiary/aromatic N) is 6. The Kier molecular flexibility index (Phi) is 6.62. The number of halogens is 3. The number of rotatable bonds is 8. The summed E-state index contributed by atoms with van der Waals surface area (Å²) in [6, 6.07) is 9.73. The molecular weight excluding hydrogens is 497 g/mol. The van der Waals surface area contributed by atoms with Crippen molar-refractivity contribution in [1.29, 1.82) is 0 Å². The van der Waals surface area contributed by atoms with Crippen molar-refractivity contribution in [2.75, 3.05) is 53.7 Å². The molecule has 5 rings (SSSR count). The quantitative estimate of drug-likeness (QED) is 0.463. The van der Waals surface area contributed by atoms with E-state index in [4.69, 9.17) is 4.74 Å². The van der Waals surface area contributed by atoms with Crippen LogP contribution < -0.4 is 20.4 Å². The SMILES string of the molecule is COC(C(=O)Nc1nnc(N[C@@H]2CCN(c3ccc(F)nn3)C2)s1)c1cccc(N2CC(F)(F)C2)c1. The third-order valence-corrected chi connectivity index (χ3v) is 6.74. The van der Waals surface area contributed by atoms with E-state index < -0.39 is 23.9 Å². The van der Waals surface area contributed by atoms with Crippen LogP contribution in [0, 0.1) is 5.95 Å². The molecule has 0 radical (unpaired) electrons. The number of hydrogen-bond acceptors (Lipinski definition) is 10. The van der Waals surface area contributed by atoms with E-state index in [0.717, 1.165) is 13.0 Å². The highest BCUT2D eigenvalue weighted by Crippen LogP contribution is 2.33. The van der Waals surface area contributed by atoms with Gasteiger partial charge in [0.15, 0.2) is 11.9 Å². The van der Waals surface area contributed by atoms with Gasteiger partial charge in [0.05, 0.1) is 13.1 Å². The number of hydrogen-bond donors (Lipinski definition) is 2. The van der Waals surface area contributed by atoms with Gasteiger partial charge in [-0.3, -0.25) is 10.1 Å². The average molecular weight is 521 g/mol. The van der Waals surface area contributed by atoms with E-state index in [-0.39, 0.29) is 19.1 Å². The van der Waals surface area contributed by atoms with Crippen LogP contribution in [0.3, 0.4) is 0 Å². The van der Waals surface area contributed by atoms with Crippen molar-refractivity contribution < 1.29 is 22.7 Å². The number of benzene rings is 1. The fraction of sp³-hybridized carbons (Fsp3) is 0.409. The normalized spacial score (nSPS) is 19.6. The molecule has 1 aromatic carbocycles. The Morgan fingerprint density at radius 1 is 1.14 bits per heavy atom. The Bertz CT molecular complexity index is 1220. The zero-order chi connectivity index (χ0) is 25.3. The first kappa shape index (κ1) is 24.2. The molecule has 2 saturated heterocycles. The van der Waals surface area contributed by atoms with Gasteiger partial charge in [-0.05, 0) is 36.2 Å². The number of carbonyl (C=O) groups is 1. The number of aromatic nitrogens is 4. The van der Waals surface area contributed by atoms with Crippen molar-refractivity contribution in [2.45, 2.75) is 24.5 Å². The molecule has 2 aliphatic rings. The molecule has 4 heterocycles. The van der Waals surface area contributed by atoms with Crippen molar-refractivity contribution in [2.24, 2.45) is 0 Å². The molecule has 36 heavy (non-hydrogen) atoms. The maximum Gasteiger partial charge on any atom is 0.282 e. The summed E-state index contributed by atoms with van der Waals surface area (Å²) in [5, 5.41) is 22.3. The molecule has 10 nitrogen and oxygen atoms in total. The Balaban J connectivity index is 1.17. The molecule has 3 aromatic rings. The van der Waals surface area contributed by atoms with E-state index in [1.54, 1.807) is 35.2 Å². The van der Waals surface area contributed by atoms with Crippen LogP contribution in [0.5, 0.6) is 0 Å². The Morgan fingerprint density at radius 2 is 1.94 bits per heavy atom. The van der Waals surface area contributed by atoms with Gasteiger partial charge in [-0.25, -0.2) is 8.78 Å². The Hall–Kier alpha value is -3.52. The van der Waals surface area contributed by atoms with Gasteiger partial charge in [0.1, 0.15) is 0 Å². The van der Waals surface area contributed by atoms with Gasteiger partial charge < -0.3 is 19.9 Å². The van der Waals surface area contributed by atoms with Crippen molar-refractivity contribution in [3.63, 3.8) is 0 Å².